The molecule has 0 radical (unpaired) electrons. The summed E-state index contributed by atoms with van der Waals surface area (Å²) >= 11 is 0. The van der Waals surface area contributed by atoms with Gasteiger partial charge >= 0.3 is 5.97 Å². The first-order chi connectivity index (χ1) is 6.25. The molecule has 82 valence electrons. The highest BCUT2D eigenvalue weighted by molar-refractivity contribution is 5.75. The standard InChI is InChI=1S/C11H20O3/c1-8-4-5-11(6-8,9(12)13)7-10(2,3)14/h8,14H,4-7H2,1-3H3,(H,12,13). The first kappa shape index (κ1) is 11.5. The van der Waals surface area contributed by atoms with Gasteiger partial charge < -0.3 is 10.2 Å². The van der Waals surface area contributed by atoms with Gasteiger partial charge in [-0.2, -0.15) is 0 Å². The largest absolute Gasteiger partial charge is 0.481 e. The van der Waals surface area contributed by atoms with Gasteiger partial charge in [-0.15, -0.1) is 0 Å². The summed E-state index contributed by atoms with van der Waals surface area (Å²) < 4.78 is 0. The number of aliphatic carboxylic acids is 1. The lowest BCUT2D eigenvalue weighted by Gasteiger charge is -2.30. The Bertz CT molecular complexity index is 229. The Labute approximate surface area is 85.1 Å². The molecule has 1 aliphatic carbocycles. The van der Waals surface area contributed by atoms with Gasteiger partial charge in [-0.05, 0) is 45.4 Å². The van der Waals surface area contributed by atoms with E-state index in [1.807, 2.05) is 0 Å². The number of hydrogen-bond donors (Lipinski definition) is 2. The predicted molar refractivity (Wildman–Crippen MR) is 54.0 cm³/mol. The minimum Gasteiger partial charge on any atom is -0.481 e. The summed E-state index contributed by atoms with van der Waals surface area (Å²) in [5, 5.41) is 18.9. The lowest BCUT2D eigenvalue weighted by molar-refractivity contribution is -0.152. The Hall–Kier alpha value is -0.570. The van der Waals surface area contributed by atoms with E-state index < -0.39 is 17.0 Å². The highest BCUT2D eigenvalue weighted by Crippen LogP contribution is 2.46. The summed E-state index contributed by atoms with van der Waals surface area (Å²) in [6.07, 6.45) is 2.72. The smallest absolute Gasteiger partial charge is 0.309 e. The van der Waals surface area contributed by atoms with Crippen LogP contribution in [0.1, 0.15) is 46.5 Å². The maximum Gasteiger partial charge on any atom is 0.309 e. The van der Waals surface area contributed by atoms with E-state index in [4.69, 9.17) is 0 Å². The number of carboxylic acids is 1. The topological polar surface area (TPSA) is 57.5 Å². The van der Waals surface area contributed by atoms with E-state index >= 15 is 0 Å². The molecule has 1 saturated carbocycles. The zero-order valence-electron chi connectivity index (χ0n) is 9.21. The van der Waals surface area contributed by atoms with E-state index in [2.05, 4.69) is 6.92 Å². The molecule has 0 bridgehead atoms. The van der Waals surface area contributed by atoms with Crippen LogP contribution < -0.4 is 0 Å². The van der Waals surface area contributed by atoms with Gasteiger partial charge in [0.05, 0.1) is 11.0 Å². The van der Waals surface area contributed by atoms with Gasteiger partial charge in [-0.3, -0.25) is 4.79 Å². The van der Waals surface area contributed by atoms with Crippen molar-refractivity contribution < 1.29 is 15.0 Å². The van der Waals surface area contributed by atoms with E-state index in [1.165, 1.54) is 0 Å². The Morgan fingerprint density at radius 2 is 2.14 bits per heavy atom. The lowest BCUT2D eigenvalue weighted by atomic mass is 9.76. The lowest BCUT2D eigenvalue weighted by Crippen LogP contribution is -2.36. The Kier molecular flexibility index (Phi) is 2.91. The average molecular weight is 200 g/mol. The molecule has 0 aromatic heterocycles. The number of rotatable bonds is 3. The van der Waals surface area contributed by atoms with E-state index in [0.29, 0.717) is 25.2 Å². The molecule has 1 rings (SSSR count). The maximum atomic E-state index is 11.2. The molecule has 0 aliphatic heterocycles. The first-order valence-corrected chi connectivity index (χ1v) is 5.21. The van der Waals surface area contributed by atoms with Crippen molar-refractivity contribution in [1.29, 1.82) is 0 Å². The van der Waals surface area contributed by atoms with E-state index in [1.54, 1.807) is 13.8 Å². The number of hydrogen-bond acceptors (Lipinski definition) is 2. The van der Waals surface area contributed by atoms with Crippen molar-refractivity contribution in [1.82, 2.24) is 0 Å². The monoisotopic (exact) mass is 200 g/mol. The quantitative estimate of drug-likeness (QED) is 0.733. The average Bonchev–Trinajstić information content (AvgIpc) is 2.29. The second kappa shape index (κ2) is 3.54. The molecule has 1 fully saturated rings. The van der Waals surface area contributed by atoms with Crippen molar-refractivity contribution in [2.45, 2.75) is 52.1 Å². The van der Waals surface area contributed by atoms with Crippen molar-refractivity contribution >= 4 is 5.97 Å². The summed E-state index contributed by atoms with van der Waals surface area (Å²) in [5.74, 6) is -0.280. The third-order valence-corrected chi connectivity index (χ3v) is 3.08. The minimum atomic E-state index is -0.886. The van der Waals surface area contributed by atoms with Crippen LogP contribution in [-0.4, -0.2) is 21.8 Å². The second-order valence-corrected chi connectivity index (χ2v) is 5.42. The Balaban J connectivity index is 2.79. The van der Waals surface area contributed by atoms with Crippen LogP contribution in [0.25, 0.3) is 0 Å². The highest BCUT2D eigenvalue weighted by atomic mass is 16.4. The van der Waals surface area contributed by atoms with Gasteiger partial charge in [-0.1, -0.05) is 6.92 Å². The minimum absolute atomic E-state index is 0.361. The molecule has 2 unspecified atom stereocenters. The summed E-state index contributed by atoms with van der Waals surface area (Å²) in [6.45, 7) is 5.44. The molecule has 14 heavy (non-hydrogen) atoms. The summed E-state index contributed by atoms with van der Waals surface area (Å²) in [7, 11) is 0. The molecule has 0 aromatic carbocycles. The van der Waals surface area contributed by atoms with Crippen LogP contribution in [0.4, 0.5) is 0 Å². The summed E-state index contributed by atoms with van der Waals surface area (Å²) in [4.78, 5) is 11.2. The molecule has 3 nitrogen and oxygen atoms in total. The van der Waals surface area contributed by atoms with Crippen molar-refractivity contribution in [2.24, 2.45) is 11.3 Å². The van der Waals surface area contributed by atoms with E-state index in [9.17, 15) is 15.0 Å². The summed E-state index contributed by atoms with van der Waals surface area (Å²) in [5.41, 5.74) is -1.57. The van der Waals surface area contributed by atoms with Gasteiger partial charge in [0.1, 0.15) is 0 Å². The van der Waals surface area contributed by atoms with Crippen LogP contribution >= 0.6 is 0 Å². The molecule has 0 amide bonds. The zero-order valence-corrected chi connectivity index (χ0v) is 9.21. The number of aliphatic hydroxyl groups is 1. The molecular weight excluding hydrogens is 180 g/mol. The fraction of sp³-hybridized carbons (Fsp3) is 0.909. The van der Waals surface area contributed by atoms with Crippen LogP contribution in [-0.2, 0) is 4.79 Å². The van der Waals surface area contributed by atoms with Gasteiger partial charge in [0.15, 0.2) is 0 Å². The molecule has 3 heteroatoms. The Morgan fingerprint density at radius 1 is 1.57 bits per heavy atom. The van der Waals surface area contributed by atoms with Crippen LogP contribution in [0.5, 0.6) is 0 Å². The van der Waals surface area contributed by atoms with Gasteiger partial charge in [0.25, 0.3) is 0 Å². The fourth-order valence-electron chi connectivity index (χ4n) is 2.65. The van der Waals surface area contributed by atoms with Crippen LogP contribution in [0.2, 0.25) is 0 Å². The number of carbonyl (C=O) groups is 1. The molecule has 0 saturated heterocycles. The molecule has 2 atom stereocenters. The number of carboxylic acid groups (broad SMARTS) is 1. The molecule has 1 aliphatic rings. The van der Waals surface area contributed by atoms with Crippen LogP contribution in [0.3, 0.4) is 0 Å². The van der Waals surface area contributed by atoms with Crippen LogP contribution in [0, 0.1) is 11.3 Å². The molecular formula is C11H20O3. The molecule has 0 heterocycles. The molecule has 2 N–H and O–H groups in total. The normalized spacial score (nSPS) is 33.3. The van der Waals surface area contributed by atoms with Crippen molar-refractivity contribution in [3.05, 3.63) is 0 Å². The third-order valence-electron chi connectivity index (χ3n) is 3.08. The summed E-state index contributed by atoms with van der Waals surface area (Å²) in [6, 6.07) is 0. The third kappa shape index (κ3) is 2.47. The van der Waals surface area contributed by atoms with E-state index in [0.717, 1.165) is 6.42 Å². The highest BCUT2D eigenvalue weighted by Gasteiger charge is 2.46. The van der Waals surface area contributed by atoms with E-state index in [-0.39, 0.29) is 0 Å². The van der Waals surface area contributed by atoms with Crippen LogP contribution in [0.15, 0.2) is 0 Å². The predicted octanol–water partition coefficient (Wildman–Crippen LogP) is 2.04. The SMILES string of the molecule is CC1CCC(CC(C)(C)O)(C(=O)O)C1. The van der Waals surface area contributed by atoms with Gasteiger partial charge in [0.2, 0.25) is 0 Å². The van der Waals surface area contributed by atoms with Crippen molar-refractivity contribution in [3.8, 4) is 0 Å². The first-order valence-electron chi connectivity index (χ1n) is 5.21. The van der Waals surface area contributed by atoms with Gasteiger partial charge in [-0.25, -0.2) is 0 Å². The van der Waals surface area contributed by atoms with Crippen molar-refractivity contribution in [2.75, 3.05) is 0 Å². The fourth-order valence-corrected chi connectivity index (χ4v) is 2.65. The molecule has 0 aromatic rings. The second-order valence-electron chi connectivity index (χ2n) is 5.42. The molecule has 0 spiro atoms. The Morgan fingerprint density at radius 3 is 2.43 bits per heavy atom. The van der Waals surface area contributed by atoms with Gasteiger partial charge in [0, 0.05) is 0 Å². The maximum absolute atomic E-state index is 11.2. The van der Waals surface area contributed by atoms with Crippen molar-refractivity contribution in [3.63, 3.8) is 0 Å². The zero-order chi connectivity index (χ0) is 11.0.